The van der Waals surface area contributed by atoms with Gasteiger partial charge in [-0.1, -0.05) is 19.4 Å². The second kappa shape index (κ2) is 9.15. The largest absolute Gasteiger partial charge is 0.458 e. The van der Waals surface area contributed by atoms with E-state index >= 15 is 4.39 Å². The number of fused-ring (bicyclic) bond motifs is 5. The smallest absolute Gasteiger partial charge is 0.306 e. The number of carbonyl (C=O) groups excluding carboxylic acids is 4. The van der Waals surface area contributed by atoms with Crippen LogP contribution in [0.3, 0.4) is 0 Å². The van der Waals surface area contributed by atoms with Crippen molar-refractivity contribution in [1.29, 1.82) is 0 Å². The summed E-state index contributed by atoms with van der Waals surface area (Å²) >= 11 is 0. The van der Waals surface area contributed by atoms with Crippen LogP contribution < -0.4 is 0 Å². The minimum absolute atomic E-state index is 0.00969. The van der Waals surface area contributed by atoms with E-state index in [1.165, 1.54) is 13.8 Å². The lowest BCUT2D eigenvalue weighted by Crippen LogP contribution is -2.63. The van der Waals surface area contributed by atoms with Gasteiger partial charge >= 0.3 is 11.9 Å². The highest BCUT2D eigenvalue weighted by molar-refractivity contribution is 6.04. The molecule has 0 radical (unpaired) electrons. The van der Waals surface area contributed by atoms with Crippen LogP contribution in [0.25, 0.3) is 0 Å². The number of hydrogen-bond donors (Lipinski definition) is 1. The third-order valence-electron chi connectivity index (χ3n) is 9.42. The zero-order chi connectivity index (χ0) is 26.6. The summed E-state index contributed by atoms with van der Waals surface area (Å²) in [5.41, 5.74) is -3.60. The van der Waals surface area contributed by atoms with Gasteiger partial charge in [0.05, 0.1) is 6.10 Å². The molecule has 0 aliphatic heterocycles. The fraction of sp³-hybridized carbons (Fsp3) is 0.704. The van der Waals surface area contributed by atoms with Crippen molar-refractivity contribution in [2.24, 2.45) is 28.6 Å². The Labute approximate surface area is 209 Å². The molecule has 7 atom stereocenters. The van der Waals surface area contributed by atoms with Gasteiger partial charge in [0, 0.05) is 30.1 Å². The summed E-state index contributed by atoms with van der Waals surface area (Å²) in [6.45, 7) is 5.78. The van der Waals surface area contributed by atoms with Gasteiger partial charge in [0.25, 0.3) is 0 Å². The second-order valence-corrected chi connectivity index (χ2v) is 11.2. The molecule has 0 aromatic heterocycles. The molecular formula is C27H34F2O7. The van der Waals surface area contributed by atoms with Gasteiger partial charge in [-0.25, -0.2) is 4.39 Å². The Hall–Kier alpha value is -2.42. The van der Waals surface area contributed by atoms with Gasteiger partial charge in [-0.3, -0.25) is 19.2 Å². The number of aliphatic hydroxyl groups is 1. The molecule has 1 unspecified atom stereocenters. The Morgan fingerprint density at radius 2 is 1.89 bits per heavy atom. The van der Waals surface area contributed by atoms with Gasteiger partial charge in [0.2, 0.25) is 17.4 Å². The third-order valence-corrected chi connectivity index (χ3v) is 9.42. The molecule has 0 saturated heterocycles. The minimum atomic E-state index is -1.61. The van der Waals surface area contributed by atoms with Gasteiger partial charge in [-0.05, 0) is 63.4 Å². The summed E-state index contributed by atoms with van der Waals surface area (Å²) in [4.78, 5) is 49.6. The van der Waals surface area contributed by atoms with Gasteiger partial charge in [0.15, 0.2) is 12.2 Å². The lowest BCUT2D eigenvalue weighted by Gasteiger charge is -2.60. The average Bonchev–Trinajstić information content (AvgIpc) is 3.09. The molecule has 3 fully saturated rings. The van der Waals surface area contributed by atoms with Crippen LogP contribution in [0.5, 0.6) is 0 Å². The van der Waals surface area contributed by atoms with E-state index < -0.39 is 70.2 Å². The van der Waals surface area contributed by atoms with E-state index in [2.05, 4.69) is 0 Å². The second-order valence-electron chi connectivity index (χ2n) is 11.2. The molecule has 0 aromatic rings. The minimum Gasteiger partial charge on any atom is -0.458 e. The van der Waals surface area contributed by atoms with E-state index in [4.69, 9.17) is 9.47 Å². The maximum Gasteiger partial charge on any atom is 0.306 e. The lowest BCUT2D eigenvalue weighted by molar-refractivity contribution is -0.202. The number of Topliss-reactive ketones (excluding diaryl/α,β-unsaturated/α-hetero) is 1. The molecule has 36 heavy (non-hydrogen) atoms. The number of esters is 2. The van der Waals surface area contributed by atoms with E-state index in [0.717, 1.165) is 6.08 Å². The molecule has 4 aliphatic rings. The Morgan fingerprint density at radius 1 is 1.19 bits per heavy atom. The molecule has 0 spiro atoms. The Kier molecular flexibility index (Phi) is 6.77. The van der Waals surface area contributed by atoms with E-state index in [-0.39, 0.29) is 31.1 Å². The van der Waals surface area contributed by atoms with Crippen molar-refractivity contribution in [1.82, 2.24) is 0 Å². The molecule has 0 bridgehead atoms. The number of ether oxygens (including phenoxy) is 2. The number of aliphatic hydroxyl groups excluding tert-OH is 1. The molecule has 1 N–H and O–H groups in total. The Morgan fingerprint density at radius 3 is 2.53 bits per heavy atom. The maximum absolute atomic E-state index is 15.4. The number of rotatable bonds is 6. The van der Waals surface area contributed by atoms with Gasteiger partial charge in [-0.2, -0.15) is 4.39 Å². The predicted octanol–water partition coefficient (Wildman–Crippen LogP) is 4.07. The maximum atomic E-state index is 15.4. The molecule has 198 valence electrons. The summed E-state index contributed by atoms with van der Waals surface area (Å²) in [5, 5.41) is 11.5. The highest BCUT2D eigenvalue weighted by Crippen LogP contribution is 2.69. The van der Waals surface area contributed by atoms with Crippen LogP contribution in [0, 0.1) is 28.6 Å². The first kappa shape index (κ1) is 26.6. The first-order valence-corrected chi connectivity index (χ1v) is 12.7. The first-order chi connectivity index (χ1) is 16.8. The monoisotopic (exact) mass is 508 g/mol. The summed E-state index contributed by atoms with van der Waals surface area (Å²) < 4.78 is 40.8. The summed E-state index contributed by atoms with van der Waals surface area (Å²) in [7, 11) is 0. The van der Waals surface area contributed by atoms with Gasteiger partial charge in [-0.15, -0.1) is 0 Å². The zero-order valence-corrected chi connectivity index (χ0v) is 21.2. The van der Waals surface area contributed by atoms with Crippen LogP contribution in [0.15, 0.2) is 23.3 Å². The third kappa shape index (κ3) is 3.68. The fourth-order valence-electron chi connectivity index (χ4n) is 7.83. The van der Waals surface area contributed by atoms with Crippen LogP contribution in [0.4, 0.5) is 8.78 Å². The Bertz CT molecular complexity index is 1060. The molecule has 0 aromatic carbocycles. The highest BCUT2D eigenvalue weighted by Gasteiger charge is 2.71. The number of ketones is 2. The van der Waals surface area contributed by atoms with E-state index in [0.29, 0.717) is 31.3 Å². The molecular weight excluding hydrogens is 474 g/mol. The number of allylic oxidation sites excluding steroid dienone is 4. The standard InChI is InChI=1S/C27H34F2O7/c1-5-6-21(34)36-27(20(33)13-35-14(2)30)10-9-17-16-8-7-15-11-18(31)23(28)24(29)26(15,4)22(16)19(32)12-25(17,27)3/h11,16-17,19,22,32H,5-10,12-13H2,1-4H3/t16-,17-,19?,22+,25-,26-,27-/m0/s1. The van der Waals surface area contributed by atoms with Crippen molar-refractivity contribution in [2.75, 3.05) is 6.61 Å². The summed E-state index contributed by atoms with van der Waals surface area (Å²) in [5.74, 6) is -6.55. The Balaban J connectivity index is 1.76. The van der Waals surface area contributed by atoms with Crippen molar-refractivity contribution in [3.8, 4) is 0 Å². The summed E-state index contributed by atoms with van der Waals surface area (Å²) in [6.07, 6.45) is 2.16. The number of hydrogen-bond acceptors (Lipinski definition) is 7. The van der Waals surface area contributed by atoms with Crippen LogP contribution in [0.2, 0.25) is 0 Å². The molecule has 3 saturated carbocycles. The van der Waals surface area contributed by atoms with E-state index in [9.17, 15) is 28.7 Å². The summed E-state index contributed by atoms with van der Waals surface area (Å²) in [6, 6.07) is 0. The molecule has 4 aliphatic carbocycles. The quantitative estimate of drug-likeness (QED) is 0.539. The first-order valence-electron chi connectivity index (χ1n) is 12.7. The average molecular weight is 509 g/mol. The van der Waals surface area contributed by atoms with E-state index in [1.807, 2.05) is 6.92 Å². The van der Waals surface area contributed by atoms with Crippen LogP contribution in [0.1, 0.15) is 72.6 Å². The molecule has 4 rings (SSSR count). The van der Waals surface area contributed by atoms with Crippen molar-refractivity contribution >= 4 is 23.5 Å². The van der Waals surface area contributed by atoms with Crippen LogP contribution >= 0.6 is 0 Å². The van der Waals surface area contributed by atoms with Gasteiger partial charge in [0.1, 0.15) is 5.83 Å². The predicted molar refractivity (Wildman–Crippen MR) is 123 cm³/mol. The number of carbonyl (C=O) groups is 4. The molecule has 0 heterocycles. The van der Waals surface area contributed by atoms with Crippen molar-refractivity contribution < 1.29 is 42.5 Å². The van der Waals surface area contributed by atoms with Crippen molar-refractivity contribution in [2.45, 2.75) is 84.3 Å². The normalized spacial score (nSPS) is 39.5. The highest BCUT2D eigenvalue weighted by atomic mass is 19.2. The molecule has 9 heteroatoms. The van der Waals surface area contributed by atoms with Crippen LogP contribution in [-0.4, -0.2) is 46.9 Å². The SMILES string of the molecule is CCCC(=O)O[C@]1(C(=O)COC(C)=O)CC[C@H]2[C@@H]3CCC4=CC(=O)C(F)=C(F)[C@]4(C)[C@H]3C(O)C[C@@]21C. The van der Waals surface area contributed by atoms with Crippen LogP contribution in [-0.2, 0) is 28.7 Å². The topological polar surface area (TPSA) is 107 Å². The fourth-order valence-corrected chi connectivity index (χ4v) is 7.83. The van der Waals surface area contributed by atoms with E-state index in [1.54, 1.807) is 6.92 Å². The zero-order valence-electron chi connectivity index (χ0n) is 21.2. The van der Waals surface area contributed by atoms with Crippen molar-refractivity contribution in [3.05, 3.63) is 23.3 Å². The van der Waals surface area contributed by atoms with Gasteiger partial charge < -0.3 is 14.6 Å². The molecule has 7 nitrogen and oxygen atoms in total. The number of halogens is 2. The molecule has 0 amide bonds. The lowest BCUT2D eigenvalue weighted by atomic mass is 9.46. The van der Waals surface area contributed by atoms with Crippen molar-refractivity contribution in [3.63, 3.8) is 0 Å².